The first-order chi connectivity index (χ1) is 8.13. The van der Waals surface area contributed by atoms with E-state index in [4.69, 9.17) is 15.2 Å². The molecule has 1 aromatic carbocycles. The second-order valence-corrected chi connectivity index (χ2v) is 4.75. The topological polar surface area (TPSA) is 61.5 Å². The largest absolute Gasteiger partial charge is 0.493 e. The van der Waals surface area contributed by atoms with Gasteiger partial charge in [0.1, 0.15) is 5.75 Å². The quantitative estimate of drug-likeness (QED) is 0.780. The number of hydrogen-bond donors (Lipinski definition) is 1. The van der Waals surface area contributed by atoms with Gasteiger partial charge in [-0.05, 0) is 12.1 Å². The van der Waals surface area contributed by atoms with Crippen LogP contribution in [0.25, 0.3) is 0 Å². The maximum absolute atomic E-state index is 11.4. The van der Waals surface area contributed by atoms with E-state index in [-0.39, 0.29) is 17.7 Å². The summed E-state index contributed by atoms with van der Waals surface area (Å²) in [6, 6.07) is 7.13. The molecule has 2 rings (SSSR count). The number of hydrogen-bond acceptors (Lipinski definition) is 4. The third kappa shape index (κ3) is 2.84. The Balaban J connectivity index is 1.98. The molecule has 0 aromatic heterocycles. The van der Waals surface area contributed by atoms with Gasteiger partial charge in [-0.15, -0.1) is 0 Å². The van der Waals surface area contributed by atoms with Gasteiger partial charge in [0, 0.05) is 11.0 Å². The molecule has 0 unspecified atom stereocenters. The highest BCUT2D eigenvalue weighted by atomic mass is 16.5. The summed E-state index contributed by atoms with van der Waals surface area (Å²) < 4.78 is 10.8. The van der Waals surface area contributed by atoms with Crippen LogP contribution in [0, 0.1) is 5.41 Å². The van der Waals surface area contributed by atoms with Crippen molar-refractivity contribution < 1.29 is 14.3 Å². The van der Waals surface area contributed by atoms with Crippen molar-refractivity contribution in [2.75, 3.05) is 26.4 Å². The van der Waals surface area contributed by atoms with Crippen molar-refractivity contribution in [1.82, 2.24) is 0 Å². The van der Waals surface area contributed by atoms with E-state index in [1.165, 1.54) is 0 Å². The third-order valence-electron chi connectivity index (χ3n) is 2.83. The zero-order valence-electron chi connectivity index (χ0n) is 9.94. The van der Waals surface area contributed by atoms with E-state index in [2.05, 4.69) is 6.92 Å². The van der Waals surface area contributed by atoms with Crippen LogP contribution in [0.3, 0.4) is 0 Å². The van der Waals surface area contributed by atoms with E-state index < -0.39 is 0 Å². The summed E-state index contributed by atoms with van der Waals surface area (Å²) in [6.45, 7) is 4.20. The lowest BCUT2D eigenvalue weighted by Crippen LogP contribution is -2.44. The van der Waals surface area contributed by atoms with Gasteiger partial charge in [0.05, 0.1) is 26.4 Å². The van der Waals surface area contributed by atoms with Crippen LogP contribution in [-0.2, 0) is 4.74 Å². The average molecular weight is 235 g/mol. The molecular formula is C13H17NO3. The molecule has 0 aliphatic carbocycles. The zero-order chi connectivity index (χ0) is 12.3. The predicted octanol–water partition coefficient (Wildman–Crippen LogP) is 1.24. The number of ketones is 1. The third-order valence-corrected chi connectivity index (χ3v) is 2.83. The zero-order valence-corrected chi connectivity index (χ0v) is 9.94. The van der Waals surface area contributed by atoms with Crippen molar-refractivity contribution in [2.45, 2.75) is 6.92 Å². The monoisotopic (exact) mass is 235 g/mol. The SMILES string of the molecule is CC1(COc2cccc(C(=O)CN)c2)COC1. The maximum atomic E-state index is 11.4. The van der Waals surface area contributed by atoms with Crippen molar-refractivity contribution in [1.29, 1.82) is 0 Å². The Morgan fingerprint density at radius 2 is 2.29 bits per heavy atom. The Hall–Kier alpha value is -1.39. The normalized spacial score (nSPS) is 17.3. The molecule has 0 spiro atoms. The first kappa shape index (κ1) is 12.1. The van der Waals surface area contributed by atoms with E-state index in [1.807, 2.05) is 6.07 Å². The average Bonchev–Trinajstić information content (AvgIpc) is 2.33. The van der Waals surface area contributed by atoms with Crippen molar-refractivity contribution >= 4 is 5.78 Å². The van der Waals surface area contributed by atoms with Gasteiger partial charge in [-0.25, -0.2) is 0 Å². The molecule has 92 valence electrons. The lowest BCUT2D eigenvalue weighted by molar-refractivity contribution is -0.120. The second kappa shape index (κ2) is 4.85. The van der Waals surface area contributed by atoms with Crippen LogP contribution in [0.1, 0.15) is 17.3 Å². The predicted molar refractivity (Wildman–Crippen MR) is 64.2 cm³/mol. The van der Waals surface area contributed by atoms with Crippen molar-refractivity contribution in [2.24, 2.45) is 11.1 Å². The van der Waals surface area contributed by atoms with Crippen LogP contribution in [0.15, 0.2) is 24.3 Å². The molecule has 1 aliphatic rings. The molecule has 2 N–H and O–H groups in total. The minimum atomic E-state index is -0.0753. The van der Waals surface area contributed by atoms with E-state index in [0.29, 0.717) is 17.9 Å². The molecule has 0 saturated carbocycles. The summed E-state index contributed by atoms with van der Waals surface area (Å²) in [6.07, 6.45) is 0. The number of rotatable bonds is 5. The fraction of sp³-hybridized carbons (Fsp3) is 0.462. The number of Topliss-reactive ketones (excluding diaryl/α,β-unsaturated/α-hetero) is 1. The van der Waals surface area contributed by atoms with Crippen LogP contribution in [-0.4, -0.2) is 32.1 Å². The first-order valence-electron chi connectivity index (χ1n) is 5.67. The van der Waals surface area contributed by atoms with Gasteiger partial charge < -0.3 is 15.2 Å². The van der Waals surface area contributed by atoms with Gasteiger partial charge in [-0.1, -0.05) is 19.1 Å². The van der Waals surface area contributed by atoms with Gasteiger partial charge in [-0.2, -0.15) is 0 Å². The highest BCUT2D eigenvalue weighted by Crippen LogP contribution is 2.27. The highest BCUT2D eigenvalue weighted by molar-refractivity contribution is 5.97. The molecule has 0 amide bonds. The van der Waals surface area contributed by atoms with Crippen molar-refractivity contribution in [3.05, 3.63) is 29.8 Å². The number of benzene rings is 1. The highest BCUT2D eigenvalue weighted by Gasteiger charge is 2.34. The maximum Gasteiger partial charge on any atom is 0.176 e. The second-order valence-electron chi connectivity index (χ2n) is 4.75. The number of carbonyl (C=O) groups is 1. The molecule has 17 heavy (non-hydrogen) atoms. The van der Waals surface area contributed by atoms with E-state index in [1.54, 1.807) is 18.2 Å². The van der Waals surface area contributed by atoms with Crippen molar-refractivity contribution in [3.63, 3.8) is 0 Å². The standard InChI is InChI=1S/C13H17NO3/c1-13(7-16-8-13)9-17-11-4-2-3-10(5-11)12(15)6-14/h2-5H,6-9,14H2,1H3. The molecule has 4 heteroatoms. The lowest BCUT2D eigenvalue weighted by atomic mass is 9.90. The van der Waals surface area contributed by atoms with Crippen LogP contribution in [0.4, 0.5) is 0 Å². The van der Waals surface area contributed by atoms with Crippen LogP contribution in [0.5, 0.6) is 5.75 Å². The van der Waals surface area contributed by atoms with Gasteiger partial charge in [0.15, 0.2) is 5.78 Å². The van der Waals surface area contributed by atoms with Crippen LogP contribution < -0.4 is 10.5 Å². The molecule has 0 radical (unpaired) electrons. The number of carbonyl (C=O) groups excluding carboxylic acids is 1. The Morgan fingerprint density at radius 1 is 1.53 bits per heavy atom. The van der Waals surface area contributed by atoms with Crippen LogP contribution >= 0.6 is 0 Å². The van der Waals surface area contributed by atoms with Gasteiger partial charge in [-0.3, -0.25) is 4.79 Å². The molecule has 1 aromatic rings. The summed E-state index contributed by atoms with van der Waals surface area (Å²) in [5, 5.41) is 0. The summed E-state index contributed by atoms with van der Waals surface area (Å²) in [5.41, 5.74) is 6.02. The first-order valence-corrected chi connectivity index (χ1v) is 5.67. The molecule has 1 saturated heterocycles. The molecule has 1 fully saturated rings. The lowest BCUT2D eigenvalue weighted by Gasteiger charge is -2.37. The van der Waals surface area contributed by atoms with E-state index in [9.17, 15) is 4.79 Å². The Kier molecular flexibility index (Phi) is 3.45. The minimum absolute atomic E-state index is 0.0228. The molecule has 1 heterocycles. The molecule has 4 nitrogen and oxygen atoms in total. The Morgan fingerprint density at radius 3 is 2.88 bits per heavy atom. The summed E-state index contributed by atoms with van der Waals surface area (Å²) in [5.74, 6) is 0.631. The smallest absolute Gasteiger partial charge is 0.176 e. The van der Waals surface area contributed by atoms with Gasteiger partial charge >= 0.3 is 0 Å². The van der Waals surface area contributed by atoms with E-state index in [0.717, 1.165) is 13.2 Å². The Labute approximate surface area is 101 Å². The molecular weight excluding hydrogens is 218 g/mol. The molecule has 0 bridgehead atoms. The molecule has 1 aliphatic heterocycles. The van der Waals surface area contributed by atoms with Crippen molar-refractivity contribution in [3.8, 4) is 5.75 Å². The van der Waals surface area contributed by atoms with Gasteiger partial charge in [0.25, 0.3) is 0 Å². The fourth-order valence-corrected chi connectivity index (χ4v) is 1.67. The number of ether oxygens (including phenoxy) is 2. The fourth-order valence-electron chi connectivity index (χ4n) is 1.67. The number of nitrogens with two attached hydrogens (primary N) is 1. The minimum Gasteiger partial charge on any atom is -0.493 e. The summed E-state index contributed by atoms with van der Waals surface area (Å²) >= 11 is 0. The Bertz CT molecular complexity index is 413. The summed E-state index contributed by atoms with van der Waals surface area (Å²) in [4.78, 5) is 11.4. The van der Waals surface area contributed by atoms with Gasteiger partial charge in [0.2, 0.25) is 0 Å². The molecule has 0 atom stereocenters. The van der Waals surface area contributed by atoms with E-state index >= 15 is 0 Å². The van der Waals surface area contributed by atoms with Crippen LogP contribution in [0.2, 0.25) is 0 Å². The summed E-state index contributed by atoms with van der Waals surface area (Å²) in [7, 11) is 0.